The van der Waals surface area contributed by atoms with Crippen molar-refractivity contribution in [3.8, 4) is 0 Å². The summed E-state index contributed by atoms with van der Waals surface area (Å²) < 4.78 is 0. The van der Waals surface area contributed by atoms with Gasteiger partial charge in [-0.1, -0.05) is 24.3 Å². The number of benzene rings is 1. The molecule has 2 bridgehead atoms. The van der Waals surface area contributed by atoms with Crippen LogP contribution in [0.1, 0.15) is 35.8 Å². The molecule has 0 amide bonds. The van der Waals surface area contributed by atoms with Gasteiger partial charge in [0, 0.05) is 6.04 Å². The van der Waals surface area contributed by atoms with Crippen molar-refractivity contribution in [3.05, 3.63) is 35.4 Å². The number of hydrogen-bond donors (Lipinski definition) is 1. The first-order valence-electron chi connectivity index (χ1n) is 4.72. The zero-order chi connectivity index (χ0) is 8.13. The van der Waals surface area contributed by atoms with Gasteiger partial charge >= 0.3 is 0 Å². The highest BCUT2D eigenvalue weighted by Gasteiger charge is 2.43. The van der Waals surface area contributed by atoms with Crippen molar-refractivity contribution in [2.75, 3.05) is 0 Å². The fourth-order valence-electron chi connectivity index (χ4n) is 2.94. The van der Waals surface area contributed by atoms with E-state index in [0.717, 1.165) is 0 Å². The van der Waals surface area contributed by atoms with E-state index in [9.17, 15) is 0 Å². The highest BCUT2D eigenvalue weighted by molar-refractivity contribution is 5.43. The lowest BCUT2D eigenvalue weighted by Crippen LogP contribution is -2.22. The van der Waals surface area contributed by atoms with Crippen LogP contribution in [0.4, 0.5) is 0 Å². The summed E-state index contributed by atoms with van der Waals surface area (Å²) in [7, 11) is 0. The molecule has 3 atom stereocenters. The second-order valence-electron chi connectivity index (χ2n) is 4.00. The fourth-order valence-corrected chi connectivity index (χ4v) is 2.94. The van der Waals surface area contributed by atoms with E-state index in [0.29, 0.717) is 17.9 Å². The van der Waals surface area contributed by atoms with Crippen LogP contribution in [0.2, 0.25) is 0 Å². The van der Waals surface area contributed by atoms with Gasteiger partial charge in [-0.3, -0.25) is 0 Å². The fraction of sp³-hybridized carbons (Fsp3) is 0.455. The molecule has 1 fully saturated rings. The second kappa shape index (κ2) is 2.11. The summed E-state index contributed by atoms with van der Waals surface area (Å²) in [5.41, 5.74) is 9.19. The van der Waals surface area contributed by atoms with Gasteiger partial charge in [-0.15, -0.1) is 0 Å². The molecule has 0 aliphatic heterocycles. The number of nitrogens with two attached hydrogens (primary N) is 1. The molecular weight excluding hydrogens is 146 g/mol. The van der Waals surface area contributed by atoms with Gasteiger partial charge in [-0.2, -0.15) is 0 Å². The average Bonchev–Trinajstić information content (AvgIpc) is 2.61. The van der Waals surface area contributed by atoms with E-state index in [2.05, 4.69) is 24.3 Å². The van der Waals surface area contributed by atoms with Crippen molar-refractivity contribution in [2.24, 2.45) is 5.73 Å². The zero-order valence-corrected chi connectivity index (χ0v) is 7.03. The van der Waals surface area contributed by atoms with Crippen molar-refractivity contribution in [3.63, 3.8) is 0 Å². The van der Waals surface area contributed by atoms with Crippen LogP contribution in [0.3, 0.4) is 0 Å². The van der Waals surface area contributed by atoms with E-state index in [1.165, 1.54) is 24.0 Å². The van der Waals surface area contributed by atoms with E-state index in [-0.39, 0.29) is 0 Å². The minimum absolute atomic E-state index is 0.419. The number of fused-ring (bicyclic) bond motifs is 5. The number of rotatable bonds is 0. The van der Waals surface area contributed by atoms with Crippen molar-refractivity contribution < 1.29 is 0 Å². The molecule has 62 valence electrons. The molecule has 1 saturated carbocycles. The molecule has 0 saturated heterocycles. The molecule has 1 nitrogen and oxygen atoms in total. The molecular formula is C11H13N. The zero-order valence-electron chi connectivity index (χ0n) is 7.03. The summed E-state index contributed by atoms with van der Waals surface area (Å²) in [5, 5.41) is 0. The van der Waals surface area contributed by atoms with E-state index < -0.39 is 0 Å². The third kappa shape index (κ3) is 0.632. The molecule has 12 heavy (non-hydrogen) atoms. The lowest BCUT2D eigenvalue weighted by atomic mass is 9.92. The molecule has 0 spiro atoms. The molecule has 3 rings (SSSR count). The monoisotopic (exact) mass is 159 g/mol. The van der Waals surface area contributed by atoms with Gasteiger partial charge < -0.3 is 5.73 Å². The molecule has 2 aliphatic carbocycles. The minimum atomic E-state index is 0.419. The van der Waals surface area contributed by atoms with Crippen molar-refractivity contribution in [1.82, 2.24) is 0 Å². The smallest absolute Gasteiger partial charge is 0.0177 e. The Balaban J connectivity index is 2.21. The molecule has 0 radical (unpaired) electrons. The van der Waals surface area contributed by atoms with E-state index >= 15 is 0 Å². The standard InChI is InChI=1S/C11H13N/c12-11-9-5-6-10(11)8-4-2-1-3-7(8)9/h1-4,9-11H,5-6,12H2/t9-,10?,11?/m0/s1. The summed E-state index contributed by atoms with van der Waals surface area (Å²) in [6.45, 7) is 0. The van der Waals surface area contributed by atoms with Gasteiger partial charge in [0.05, 0.1) is 0 Å². The lowest BCUT2D eigenvalue weighted by Gasteiger charge is -2.12. The first-order chi connectivity index (χ1) is 5.88. The van der Waals surface area contributed by atoms with Crippen LogP contribution in [-0.2, 0) is 0 Å². The Hall–Kier alpha value is -0.820. The van der Waals surface area contributed by atoms with Crippen LogP contribution in [-0.4, -0.2) is 6.04 Å². The third-order valence-electron chi connectivity index (χ3n) is 3.51. The second-order valence-corrected chi connectivity index (χ2v) is 4.00. The van der Waals surface area contributed by atoms with Crippen LogP contribution in [0.25, 0.3) is 0 Å². The highest BCUT2D eigenvalue weighted by Crippen LogP contribution is 2.51. The summed E-state index contributed by atoms with van der Waals surface area (Å²) >= 11 is 0. The first-order valence-corrected chi connectivity index (χ1v) is 4.72. The van der Waals surface area contributed by atoms with Crippen LogP contribution in [0.15, 0.2) is 24.3 Å². The summed E-state index contributed by atoms with van der Waals surface area (Å²) in [4.78, 5) is 0. The molecule has 2 unspecified atom stereocenters. The van der Waals surface area contributed by atoms with Gasteiger partial charge in [0.15, 0.2) is 0 Å². The minimum Gasteiger partial charge on any atom is -0.327 e. The summed E-state index contributed by atoms with van der Waals surface area (Å²) in [6.07, 6.45) is 2.62. The maximum atomic E-state index is 6.13. The van der Waals surface area contributed by atoms with Gasteiger partial charge in [-0.05, 0) is 35.8 Å². The predicted octanol–water partition coefficient (Wildman–Crippen LogP) is 1.99. The van der Waals surface area contributed by atoms with Crippen LogP contribution in [0, 0.1) is 0 Å². The van der Waals surface area contributed by atoms with Gasteiger partial charge in [0.2, 0.25) is 0 Å². The molecule has 1 heteroatoms. The Morgan fingerprint density at radius 1 is 1.00 bits per heavy atom. The molecule has 1 aromatic rings. The molecule has 2 N–H and O–H groups in total. The lowest BCUT2D eigenvalue weighted by molar-refractivity contribution is 0.618. The third-order valence-corrected chi connectivity index (χ3v) is 3.51. The average molecular weight is 159 g/mol. The molecule has 1 aromatic carbocycles. The van der Waals surface area contributed by atoms with Crippen LogP contribution >= 0.6 is 0 Å². The Kier molecular flexibility index (Phi) is 1.17. The maximum absolute atomic E-state index is 6.13. The Bertz CT molecular complexity index is 288. The Morgan fingerprint density at radius 3 is 2.00 bits per heavy atom. The highest BCUT2D eigenvalue weighted by atomic mass is 14.7. The molecule has 2 aliphatic rings. The summed E-state index contributed by atoms with van der Waals surface area (Å²) in [6, 6.07) is 9.18. The van der Waals surface area contributed by atoms with Gasteiger partial charge in [-0.25, -0.2) is 0 Å². The van der Waals surface area contributed by atoms with Crippen molar-refractivity contribution >= 4 is 0 Å². The van der Waals surface area contributed by atoms with E-state index in [1.54, 1.807) is 0 Å². The Morgan fingerprint density at radius 2 is 1.50 bits per heavy atom. The van der Waals surface area contributed by atoms with E-state index in [4.69, 9.17) is 5.73 Å². The normalized spacial score (nSPS) is 36.9. The largest absolute Gasteiger partial charge is 0.327 e. The van der Waals surface area contributed by atoms with Crippen LogP contribution in [0.5, 0.6) is 0 Å². The quantitative estimate of drug-likeness (QED) is 0.615. The number of hydrogen-bond acceptors (Lipinski definition) is 1. The van der Waals surface area contributed by atoms with E-state index in [1.807, 2.05) is 0 Å². The van der Waals surface area contributed by atoms with Crippen molar-refractivity contribution in [1.29, 1.82) is 0 Å². The molecule has 0 heterocycles. The molecule has 0 aromatic heterocycles. The SMILES string of the molecule is NC1C2CC[C@H]1c1ccccc12. The predicted molar refractivity (Wildman–Crippen MR) is 49.1 cm³/mol. The Labute approximate surface area is 72.6 Å². The van der Waals surface area contributed by atoms with Gasteiger partial charge in [0.1, 0.15) is 0 Å². The van der Waals surface area contributed by atoms with Crippen molar-refractivity contribution in [2.45, 2.75) is 30.7 Å². The van der Waals surface area contributed by atoms with Crippen LogP contribution < -0.4 is 5.73 Å². The van der Waals surface area contributed by atoms with Gasteiger partial charge in [0.25, 0.3) is 0 Å². The topological polar surface area (TPSA) is 26.0 Å². The first kappa shape index (κ1) is 6.67. The maximum Gasteiger partial charge on any atom is 0.0177 e. The summed E-state index contributed by atoms with van der Waals surface area (Å²) in [5.74, 6) is 1.34.